The van der Waals surface area contributed by atoms with Gasteiger partial charge in [0.1, 0.15) is 5.75 Å². The summed E-state index contributed by atoms with van der Waals surface area (Å²) in [6.07, 6.45) is 3.30. The minimum absolute atomic E-state index is 0.862. The highest BCUT2D eigenvalue weighted by Gasteiger charge is 2.15. The molecule has 15 heavy (non-hydrogen) atoms. The Kier molecular flexibility index (Phi) is 3.65. The van der Waals surface area contributed by atoms with Crippen LogP contribution in [-0.2, 0) is 12.8 Å². The SMILES string of the molecule is CNCCc1cc(Br)cc2c1OCCC2. The average molecular weight is 270 g/mol. The van der Waals surface area contributed by atoms with E-state index < -0.39 is 0 Å². The average Bonchev–Trinajstić information content (AvgIpc) is 2.25. The van der Waals surface area contributed by atoms with Crippen molar-refractivity contribution in [2.45, 2.75) is 19.3 Å². The number of nitrogens with one attached hydrogen (secondary N) is 1. The summed E-state index contributed by atoms with van der Waals surface area (Å²) in [5.41, 5.74) is 2.66. The van der Waals surface area contributed by atoms with Gasteiger partial charge in [-0.15, -0.1) is 0 Å². The van der Waals surface area contributed by atoms with E-state index in [9.17, 15) is 0 Å². The normalized spacial score (nSPS) is 14.5. The standard InChI is InChI=1S/C12H16BrNO/c1-14-5-4-10-8-11(13)7-9-3-2-6-15-12(9)10/h7-8,14H,2-6H2,1H3. The molecule has 1 aromatic carbocycles. The molecule has 0 saturated heterocycles. The molecule has 0 aromatic heterocycles. The lowest BCUT2D eigenvalue weighted by atomic mass is 10.0. The van der Waals surface area contributed by atoms with Gasteiger partial charge in [-0.05, 0) is 56.1 Å². The van der Waals surface area contributed by atoms with Crippen LogP contribution in [0, 0.1) is 0 Å². The highest BCUT2D eigenvalue weighted by molar-refractivity contribution is 9.10. The molecule has 0 fully saturated rings. The second-order valence-corrected chi connectivity index (χ2v) is 4.77. The summed E-state index contributed by atoms with van der Waals surface area (Å²) < 4.78 is 6.92. The Hall–Kier alpha value is -0.540. The minimum Gasteiger partial charge on any atom is -0.493 e. The number of hydrogen-bond acceptors (Lipinski definition) is 2. The molecule has 0 amide bonds. The Bertz CT molecular complexity index is 352. The van der Waals surface area contributed by atoms with E-state index in [4.69, 9.17) is 4.74 Å². The maximum Gasteiger partial charge on any atom is 0.125 e. The summed E-state index contributed by atoms with van der Waals surface area (Å²) in [5, 5.41) is 3.17. The molecule has 1 aromatic rings. The number of halogens is 1. The Balaban J connectivity index is 2.30. The molecule has 1 heterocycles. The van der Waals surface area contributed by atoms with Crippen LogP contribution in [0.1, 0.15) is 17.5 Å². The topological polar surface area (TPSA) is 21.3 Å². The molecule has 1 aliphatic heterocycles. The molecule has 2 nitrogen and oxygen atoms in total. The maximum absolute atomic E-state index is 5.76. The van der Waals surface area contributed by atoms with E-state index in [1.54, 1.807) is 0 Å². The third kappa shape index (κ3) is 2.52. The first-order valence-electron chi connectivity index (χ1n) is 5.40. The molecule has 0 saturated carbocycles. The van der Waals surface area contributed by atoms with Crippen LogP contribution in [0.3, 0.4) is 0 Å². The van der Waals surface area contributed by atoms with Crippen molar-refractivity contribution in [2.24, 2.45) is 0 Å². The number of aryl methyl sites for hydroxylation is 1. The van der Waals surface area contributed by atoms with Gasteiger partial charge in [-0.25, -0.2) is 0 Å². The monoisotopic (exact) mass is 269 g/mol. The van der Waals surface area contributed by atoms with Gasteiger partial charge in [0.15, 0.2) is 0 Å². The van der Waals surface area contributed by atoms with Crippen molar-refractivity contribution < 1.29 is 4.74 Å². The Morgan fingerprint density at radius 2 is 2.33 bits per heavy atom. The van der Waals surface area contributed by atoms with Gasteiger partial charge >= 0.3 is 0 Å². The number of ether oxygens (including phenoxy) is 1. The Labute approximate surface area is 99.1 Å². The van der Waals surface area contributed by atoms with Crippen LogP contribution >= 0.6 is 15.9 Å². The molecule has 0 radical (unpaired) electrons. The molecule has 0 spiro atoms. The van der Waals surface area contributed by atoms with Gasteiger partial charge in [-0.3, -0.25) is 0 Å². The van der Waals surface area contributed by atoms with E-state index in [-0.39, 0.29) is 0 Å². The summed E-state index contributed by atoms with van der Waals surface area (Å²) in [4.78, 5) is 0. The lowest BCUT2D eigenvalue weighted by Gasteiger charge is -2.21. The van der Waals surface area contributed by atoms with Gasteiger partial charge < -0.3 is 10.1 Å². The van der Waals surface area contributed by atoms with Crippen molar-refractivity contribution >= 4 is 15.9 Å². The lowest BCUT2D eigenvalue weighted by molar-refractivity contribution is 0.285. The first-order chi connectivity index (χ1) is 7.31. The predicted molar refractivity (Wildman–Crippen MR) is 65.6 cm³/mol. The number of rotatable bonds is 3. The summed E-state index contributed by atoms with van der Waals surface area (Å²) in [6.45, 7) is 1.85. The minimum atomic E-state index is 0.862. The highest BCUT2D eigenvalue weighted by atomic mass is 79.9. The van der Waals surface area contributed by atoms with Gasteiger partial charge in [-0.2, -0.15) is 0 Å². The molecular weight excluding hydrogens is 254 g/mol. The van der Waals surface area contributed by atoms with E-state index in [1.165, 1.54) is 11.1 Å². The van der Waals surface area contributed by atoms with E-state index >= 15 is 0 Å². The largest absolute Gasteiger partial charge is 0.493 e. The summed E-state index contributed by atoms with van der Waals surface area (Å²) in [6, 6.07) is 4.35. The Morgan fingerprint density at radius 1 is 1.47 bits per heavy atom. The first-order valence-corrected chi connectivity index (χ1v) is 6.19. The van der Waals surface area contributed by atoms with Crippen molar-refractivity contribution in [3.05, 3.63) is 27.7 Å². The zero-order valence-electron chi connectivity index (χ0n) is 8.98. The second-order valence-electron chi connectivity index (χ2n) is 3.86. The first kappa shape index (κ1) is 11.0. The van der Waals surface area contributed by atoms with Crippen LogP contribution in [0.15, 0.2) is 16.6 Å². The van der Waals surface area contributed by atoms with E-state index in [0.29, 0.717) is 0 Å². The van der Waals surface area contributed by atoms with E-state index in [2.05, 4.69) is 33.4 Å². The van der Waals surface area contributed by atoms with Gasteiger partial charge in [0.05, 0.1) is 6.61 Å². The molecule has 0 aliphatic carbocycles. The molecule has 0 atom stereocenters. The van der Waals surface area contributed by atoms with Crippen molar-refractivity contribution in [3.63, 3.8) is 0 Å². The highest BCUT2D eigenvalue weighted by Crippen LogP contribution is 2.32. The van der Waals surface area contributed by atoms with Crippen LogP contribution in [0.5, 0.6) is 5.75 Å². The van der Waals surface area contributed by atoms with Gasteiger partial charge in [0.2, 0.25) is 0 Å². The Morgan fingerprint density at radius 3 is 3.13 bits per heavy atom. The zero-order chi connectivity index (χ0) is 10.7. The molecule has 1 N–H and O–H groups in total. The van der Waals surface area contributed by atoms with Crippen LogP contribution in [0.25, 0.3) is 0 Å². The van der Waals surface area contributed by atoms with Crippen LogP contribution in [-0.4, -0.2) is 20.2 Å². The molecular formula is C12H16BrNO. The molecule has 2 rings (SSSR count). The van der Waals surface area contributed by atoms with E-state index in [0.717, 1.165) is 42.6 Å². The molecule has 0 unspecified atom stereocenters. The van der Waals surface area contributed by atoms with Crippen LogP contribution in [0.4, 0.5) is 0 Å². The fourth-order valence-electron chi connectivity index (χ4n) is 1.97. The van der Waals surface area contributed by atoms with Crippen LogP contribution in [0.2, 0.25) is 0 Å². The zero-order valence-corrected chi connectivity index (χ0v) is 10.6. The fourth-order valence-corrected chi connectivity index (χ4v) is 2.52. The fraction of sp³-hybridized carbons (Fsp3) is 0.500. The predicted octanol–water partition coefficient (Wildman–Crippen LogP) is 2.54. The third-order valence-electron chi connectivity index (χ3n) is 2.69. The van der Waals surface area contributed by atoms with Crippen molar-refractivity contribution in [1.29, 1.82) is 0 Å². The number of benzene rings is 1. The number of likely N-dealkylation sites (N-methyl/N-ethyl adjacent to an activating group) is 1. The number of fused-ring (bicyclic) bond motifs is 1. The van der Waals surface area contributed by atoms with Crippen molar-refractivity contribution in [1.82, 2.24) is 5.32 Å². The van der Waals surface area contributed by atoms with Crippen molar-refractivity contribution in [3.8, 4) is 5.75 Å². The van der Waals surface area contributed by atoms with Crippen molar-refractivity contribution in [2.75, 3.05) is 20.2 Å². The molecule has 1 aliphatic rings. The molecule has 0 bridgehead atoms. The van der Waals surface area contributed by atoms with Gasteiger partial charge in [-0.1, -0.05) is 15.9 Å². The van der Waals surface area contributed by atoms with Crippen LogP contribution < -0.4 is 10.1 Å². The second kappa shape index (κ2) is 4.99. The third-order valence-corrected chi connectivity index (χ3v) is 3.15. The number of hydrogen-bond donors (Lipinski definition) is 1. The van der Waals surface area contributed by atoms with Gasteiger partial charge in [0, 0.05) is 4.47 Å². The lowest BCUT2D eigenvalue weighted by Crippen LogP contribution is -2.14. The van der Waals surface area contributed by atoms with Gasteiger partial charge in [0.25, 0.3) is 0 Å². The smallest absolute Gasteiger partial charge is 0.125 e. The molecule has 3 heteroatoms. The maximum atomic E-state index is 5.76. The summed E-state index contributed by atoms with van der Waals surface area (Å²) in [7, 11) is 1.98. The quantitative estimate of drug-likeness (QED) is 0.911. The summed E-state index contributed by atoms with van der Waals surface area (Å²) >= 11 is 3.56. The summed E-state index contributed by atoms with van der Waals surface area (Å²) in [5.74, 6) is 1.12. The molecule has 82 valence electrons. The van der Waals surface area contributed by atoms with E-state index in [1.807, 2.05) is 7.05 Å².